The van der Waals surface area contributed by atoms with Gasteiger partial charge in [0, 0.05) is 31.1 Å². The summed E-state index contributed by atoms with van der Waals surface area (Å²) in [6, 6.07) is 4.17. The fraction of sp³-hybridized carbons (Fsp3) is 0.471. The van der Waals surface area contributed by atoms with Crippen LogP contribution in [0.25, 0.3) is 0 Å². The molecule has 0 N–H and O–H groups in total. The number of nitrogens with zero attached hydrogens (tertiary/aromatic N) is 4. The Hall–Kier alpha value is -2.15. The first kappa shape index (κ1) is 15.4. The molecule has 2 fully saturated rings. The molecule has 7 heteroatoms. The minimum absolute atomic E-state index is 0.0720. The molecular formula is C17H20N4O2S. The van der Waals surface area contributed by atoms with Crippen LogP contribution in [0, 0.1) is 0 Å². The molecule has 4 heterocycles. The standard InChI is InChI=1S/C17H20N4O2S/c1-19-11-12(10-18-19)21-15-6-7-20(14(15)4-5-16(21)22)17(23)9-13-3-2-8-24-13/h2-3,8,10-11,14-15H,4-7,9H2,1H3/t14-,15-/m1/s1. The molecule has 0 saturated carbocycles. The van der Waals surface area contributed by atoms with Crippen molar-refractivity contribution < 1.29 is 9.59 Å². The number of aryl methyl sites for hydroxylation is 1. The van der Waals surface area contributed by atoms with Gasteiger partial charge in [0.1, 0.15) is 0 Å². The van der Waals surface area contributed by atoms with Gasteiger partial charge in [-0.25, -0.2) is 0 Å². The number of carbonyl (C=O) groups is 2. The van der Waals surface area contributed by atoms with E-state index in [1.807, 2.05) is 40.6 Å². The van der Waals surface area contributed by atoms with Crippen LogP contribution in [0.3, 0.4) is 0 Å². The van der Waals surface area contributed by atoms with Crippen molar-refractivity contribution in [1.82, 2.24) is 14.7 Å². The number of carbonyl (C=O) groups excluding carboxylic acids is 2. The molecule has 2 aliphatic rings. The molecule has 6 nitrogen and oxygen atoms in total. The van der Waals surface area contributed by atoms with Gasteiger partial charge in [0.2, 0.25) is 11.8 Å². The lowest BCUT2D eigenvalue weighted by Crippen LogP contribution is -2.53. The average Bonchev–Trinajstić information content (AvgIpc) is 3.27. The summed E-state index contributed by atoms with van der Waals surface area (Å²) in [5.41, 5.74) is 0.838. The highest BCUT2D eigenvalue weighted by atomic mass is 32.1. The molecule has 2 aromatic rings. The van der Waals surface area contributed by atoms with E-state index in [2.05, 4.69) is 5.10 Å². The van der Waals surface area contributed by atoms with Crippen LogP contribution in [0.5, 0.6) is 0 Å². The maximum absolute atomic E-state index is 12.7. The lowest BCUT2D eigenvalue weighted by Gasteiger charge is -2.39. The first-order valence-electron chi connectivity index (χ1n) is 8.26. The van der Waals surface area contributed by atoms with Crippen molar-refractivity contribution in [3.05, 3.63) is 34.8 Å². The van der Waals surface area contributed by atoms with Gasteiger partial charge in [0.05, 0.1) is 30.4 Å². The molecule has 2 aromatic heterocycles. The zero-order valence-corrected chi connectivity index (χ0v) is 14.4. The van der Waals surface area contributed by atoms with Gasteiger partial charge in [-0.3, -0.25) is 14.3 Å². The van der Waals surface area contributed by atoms with E-state index >= 15 is 0 Å². The van der Waals surface area contributed by atoms with Crippen LogP contribution in [-0.2, 0) is 23.1 Å². The molecule has 0 radical (unpaired) electrons. The highest BCUT2D eigenvalue weighted by molar-refractivity contribution is 7.10. The van der Waals surface area contributed by atoms with Gasteiger partial charge in [0.25, 0.3) is 0 Å². The quantitative estimate of drug-likeness (QED) is 0.853. The second kappa shape index (κ2) is 6.05. The fourth-order valence-corrected chi connectivity index (χ4v) is 4.60. The van der Waals surface area contributed by atoms with E-state index in [-0.39, 0.29) is 23.9 Å². The molecule has 0 spiro atoms. The van der Waals surface area contributed by atoms with Crippen molar-refractivity contribution in [2.75, 3.05) is 11.4 Å². The van der Waals surface area contributed by atoms with Gasteiger partial charge in [-0.05, 0) is 24.3 Å². The van der Waals surface area contributed by atoms with E-state index in [1.54, 1.807) is 22.2 Å². The highest BCUT2D eigenvalue weighted by Gasteiger charge is 2.45. The number of hydrogen-bond donors (Lipinski definition) is 0. The second-order valence-electron chi connectivity index (χ2n) is 6.44. The summed E-state index contributed by atoms with van der Waals surface area (Å²) in [6.07, 6.45) is 6.14. The highest BCUT2D eigenvalue weighted by Crippen LogP contribution is 2.35. The number of anilines is 1. The lowest BCUT2D eigenvalue weighted by atomic mass is 9.95. The van der Waals surface area contributed by atoms with Crippen LogP contribution in [0.4, 0.5) is 5.69 Å². The van der Waals surface area contributed by atoms with Gasteiger partial charge >= 0.3 is 0 Å². The van der Waals surface area contributed by atoms with Gasteiger partial charge in [-0.2, -0.15) is 5.10 Å². The predicted molar refractivity (Wildman–Crippen MR) is 91.9 cm³/mol. The molecule has 0 bridgehead atoms. The first-order valence-corrected chi connectivity index (χ1v) is 9.14. The zero-order valence-electron chi connectivity index (χ0n) is 13.6. The SMILES string of the molecule is Cn1cc(N2C(=O)CC[C@@H]3[C@H]2CCN3C(=O)Cc2cccs2)cn1. The molecule has 2 saturated heterocycles. The van der Waals surface area contributed by atoms with E-state index in [1.165, 1.54) is 0 Å². The summed E-state index contributed by atoms with van der Waals surface area (Å²) in [5, 5.41) is 6.19. The van der Waals surface area contributed by atoms with Crippen molar-refractivity contribution in [1.29, 1.82) is 0 Å². The number of aromatic nitrogens is 2. The Bertz CT molecular complexity index is 754. The van der Waals surface area contributed by atoms with Crippen molar-refractivity contribution in [2.45, 2.75) is 37.8 Å². The van der Waals surface area contributed by atoms with Crippen LogP contribution in [0.1, 0.15) is 24.1 Å². The van der Waals surface area contributed by atoms with Crippen LogP contribution >= 0.6 is 11.3 Å². The largest absolute Gasteiger partial charge is 0.337 e. The number of likely N-dealkylation sites (tertiary alicyclic amines) is 1. The molecule has 0 aromatic carbocycles. The Kier molecular flexibility index (Phi) is 3.88. The third-order valence-corrected chi connectivity index (χ3v) is 5.84. The van der Waals surface area contributed by atoms with E-state index in [0.29, 0.717) is 12.8 Å². The maximum Gasteiger partial charge on any atom is 0.228 e. The van der Waals surface area contributed by atoms with Crippen molar-refractivity contribution in [2.24, 2.45) is 7.05 Å². The topological polar surface area (TPSA) is 58.4 Å². The van der Waals surface area contributed by atoms with E-state index in [9.17, 15) is 9.59 Å². The Labute approximate surface area is 144 Å². The molecule has 2 atom stereocenters. The molecule has 0 unspecified atom stereocenters. The normalized spacial score (nSPS) is 23.6. The molecule has 2 aliphatic heterocycles. The Morgan fingerprint density at radius 3 is 2.96 bits per heavy atom. The smallest absolute Gasteiger partial charge is 0.228 e. The second-order valence-corrected chi connectivity index (χ2v) is 7.47. The number of fused-ring (bicyclic) bond motifs is 1. The minimum Gasteiger partial charge on any atom is -0.337 e. The van der Waals surface area contributed by atoms with Crippen molar-refractivity contribution >= 4 is 28.8 Å². The Balaban J connectivity index is 1.54. The fourth-order valence-electron chi connectivity index (χ4n) is 3.91. The van der Waals surface area contributed by atoms with Crippen LogP contribution < -0.4 is 4.90 Å². The van der Waals surface area contributed by atoms with Crippen LogP contribution in [-0.4, -0.2) is 45.1 Å². The summed E-state index contributed by atoms with van der Waals surface area (Å²) >= 11 is 1.62. The Morgan fingerprint density at radius 2 is 2.25 bits per heavy atom. The summed E-state index contributed by atoms with van der Waals surface area (Å²) in [5.74, 6) is 0.308. The lowest BCUT2D eigenvalue weighted by molar-refractivity contribution is -0.133. The van der Waals surface area contributed by atoms with Gasteiger partial charge < -0.3 is 9.80 Å². The first-order chi connectivity index (χ1) is 11.6. The molecule has 4 rings (SSSR count). The van der Waals surface area contributed by atoms with Crippen molar-refractivity contribution in [3.8, 4) is 0 Å². The summed E-state index contributed by atoms with van der Waals surface area (Å²) in [7, 11) is 1.85. The average molecular weight is 344 g/mol. The van der Waals surface area contributed by atoms with Crippen LogP contribution in [0.2, 0.25) is 0 Å². The number of rotatable bonds is 3. The number of piperidine rings is 1. The third kappa shape index (κ3) is 2.62. The van der Waals surface area contributed by atoms with Gasteiger partial charge in [0.15, 0.2) is 0 Å². The molecule has 0 aliphatic carbocycles. The summed E-state index contributed by atoms with van der Waals surface area (Å²) in [4.78, 5) is 30.1. The number of amides is 2. The summed E-state index contributed by atoms with van der Waals surface area (Å²) < 4.78 is 1.71. The molecule has 2 amide bonds. The van der Waals surface area contributed by atoms with E-state index in [0.717, 1.165) is 30.0 Å². The van der Waals surface area contributed by atoms with Gasteiger partial charge in [-0.15, -0.1) is 11.3 Å². The van der Waals surface area contributed by atoms with Crippen molar-refractivity contribution in [3.63, 3.8) is 0 Å². The van der Waals surface area contributed by atoms with E-state index < -0.39 is 0 Å². The number of hydrogen-bond acceptors (Lipinski definition) is 4. The van der Waals surface area contributed by atoms with Gasteiger partial charge in [-0.1, -0.05) is 6.07 Å². The summed E-state index contributed by atoms with van der Waals surface area (Å²) in [6.45, 7) is 0.726. The zero-order chi connectivity index (χ0) is 16.7. The predicted octanol–water partition coefficient (Wildman–Crippen LogP) is 1.82. The monoisotopic (exact) mass is 344 g/mol. The molecule has 24 heavy (non-hydrogen) atoms. The van der Waals surface area contributed by atoms with E-state index in [4.69, 9.17) is 0 Å². The third-order valence-electron chi connectivity index (χ3n) is 4.96. The molecular weight excluding hydrogens is 324 g/mol. The maximum atomic E-state index is 12.7. The van der Waals surface area contributed by atoms with Crippen LogP contribution in [0.15, 0.2) is 29.9 Å². The number of thiophene rings is 1. The molecule has 126 valence electrons. The Morgan fingerprint density at radius 1 is 1.38 bits per heavy atom. The minimum atomic E-state index is 0.0720.